The molecule has 0 aliphatic carbocycles. The molecular formula is C12H23NO2. The van der Waals surface area contributed by atoms with E-state index in [1.54, 1.807) is 6.92 Å². The summed E-state index contributed by atoms with van der Waals surface area (Å²) in [6.07, 6.45) is 2.78. The van der Waals surface area contributed by atoms with E-state index in [0.29, 0.717) is 5.78 Å². The number of carbonyl (C=O) groups is 1. The summed E-state index contributed by atoms with van der Waals surface area (Å²) < 4.78 is 0. The lowest BCUT2D eigenvalue weighted by atomic mass is 9.93. The lowest BCUT2D eigenvalue weighted by Gasteiger charge is -2.32. The number of hydrogen-bond donors (Lipinski definition) is 1. The third kappa shape index (κ3) is 4.76. The summed E-state index contributed by atoms with van der Waals surface area (Å²) in [4.78, 5) is 13.5. The Morgan fingerprint density at radius 2 is 1.93 bits per heavy atom. The molecular weight excluding hydrogens is 190 g/mol. The standard InChI is InChI=1S/C12H23NO2/c1-10(14)11-4-7-13(8-5-11)9-6-12(2,3)15/h11,15H,4-9H2,1-3H3. The van der Waals surface area contributed by atoms with E-state index in [9.17, 15) is 9.90 Å². The van der Waals surface area contributed by atoms with Crippen LogP contribution in [0.3, 0.4) is 0 Å². The molecule has 15 heavy (non-hydrogen) atoms. The largest absolute Gasteiger partial charge is 0.390 e. The maximum absolute atomic E-state index is 11.2. The third-order valence-corrected chi connectivity index (χ3v) is 3.20. The van der Waals surface area contributed by atoms with Gasteiger partial charge in [0.2, 0.25) is 0 Å². The monoisotopic (exact) mass is 213 g/mol. The van der Waals surface area contributed by atoms with E-state index in [1.807, 2.05) is 13.8 Å². The van der Waals surface area contributed by atoms with Gasteiger partial charge in [0.1, 0.15) is 5.78 Å². The summed E-state index contributed by atoms with van der Waals surface area (Å²) in [5.74, 6) is 0.612. The molecule has 1 heterocycles. The minimum atomic E-state index is -0.572. The molecule has 0 aromatic rings. The van der Waals surface area contributed by atoms with E-state index in [2.05, 4.69) is 4.90 Å². The smallest absolute Gasteiger partial charge is 0.133 e. The summed E-state index contributed by atoms with van der Waals surface area (Å²) in [7, 11) is 0. The number of aliphatic hydroxyl groups is 1. The number of likely N-dealkylation sites (tertiary alicyclic amines) is 1. The maximum Gasteiger partial charge on any atom is 0.133 e. The van der Waals surface area contributed by atoms with Gasteiger partial charge in [-0.05, 0) is 53.1 Å². The van der Waals surface area contributed by atoms with E-state index in [1.165, 1.54) is 0 Å². The Morgan fingerprint density at radius 3 is 2.33 bits per heavy atom. The van der Waals surface area contributed by atoms with Crippen LogP contribution < -0.4 is 0 Å². The van der Waals surface area contributed by atoms with Crippen LogP contribution in [0.5, 0.6) is 0 Å². The molecule has 0 amide bonds. The van der Waals surface area contributed by atoms with Crippen LogP contribution in [0.15, 0.2) is 0 Å². The molecule has 0 aromatic heterocycles. The number of ketones is 1. The van der Waals surface area contributed by atoms with Gasteiger partial charge in [0, 0.05) is 12.5 Å². The van der Waals surface area contributed by atoms with Crippen molar-refractivity contribution < 1.29 is 9.90 Å². The molecule has 0 spiro atoms. The average Bonchev–Trinajstić information content (AvgIpc) is 2.14. The number of piperidine rings is 1. The zero-order valence-electron chi connectivity index (χ0n) is 10.1. The van der Waals surface area contributed by atoms with Gasteiger partial charge < -0.3 is 10.0 Å². The van der Waals surface area contributed by atoms with Crippen LogP contribution in [-0.4, -0.2) is 41.0 Å². The summed E-state index contributed by atoms with van der Waals surface area (Å²) in [6.45, 7) is 8.32. The Labute approximate surface area is 92.5 Å². The van der Waals surface area contributed by atoms with Gasteiger partial charge in [0.25, 0.3) is 0 Å². The maximum atomic E-state index is 11.2. The molecule has 1 aliphatic heterocycles. The topological polar surface area (TPSA) is 40.5 Å². The first-order valence-corrected chi connectivity index (χ1v) is 5.84. The van der Waals surface area contributed by atoms with Gasteiger partial charge in [0.05, 0.1) is 5.60 Å². The summed E-state index contributed by atoms with van der Waals surface area (Å²) in [5.41, 5.74) is -0.572. The van der Waals surface area contributed by atoms with Crippen molar-refractivity contribution >= 4 is 5.78 Å². The minimum Gasteiger partial charge on any atom is -0.390 e. The molecule has 3 heteroatoms. The zero-order valence-corrected chi connectivity index (χ0v) is 10.1. The molecule has 1 fully saturated rings. The van der Waals surface area contributed by atoms with Crippen molar-refractivity contribution in [2.45, 2.75) is 45.6 Å². The fraction of sp³-hybridized carbons (Fsp3) is 0.917. The number of nitrogens with zero attached hydrogens (tertiary/aromatic N) is 1. The molecule has 1 aliphatic rings. The van der Waals surface area contributed by atoms with E-state index >= 15 is 0 Å². The molecule has 1 saturated heterocycles. The molecule has 3 nitrogen and oxygen atoms in total. The number of hydrogen-bond acceptors (Lipinski definition) is 3. The van der Waals surface area contributed by atoms with E-state index in [0.717, 1.165) is 38.9 Å². The molecule has 0 unspecified atom stereocenters. The van der Waals surface area contributed by atoms with Crippen molar-refractivity contribution in [2.75, 3.05) is 19.6 Å². The van der Waals surface area contributed by atoms with Gasteiger partial charge in [-0.2, -0.15) is 0 Å². The van der Waals surface area contributed by atoms with Crippen LogP contribution in [0.4, 0.5) is 0 Å². The van der Waals surface area contributed by atoms with Gasteiger partial charge in [0.15, 0.2) is 0 Å². The van der Waals surface area contributed by atoms with E-state index < -0.39 is 5.60 Å². The van der Waals surface area contributed by atoms with E-state index in [-0.39, 0.29) is 5.92 Å². The van der Waals surface area contributed by atoms with Crippen molar-refractivity contribution in [3.05, 3.63) is 0 Å². The van der Waals surface area contributed by atoms with Crippen molar-refractivity contribution in [1.29, 1.82) is 0 Å². The minimum absolute atomic E-state index is 0.281. The molecule has 0 saturated carbocycles. The second kappa shape index (κ2) is 5.08. The van der Waals surface area contributed by atoms with Gasteiger partial charge in [-0.1, -0.05) is 0 Å². The molecule has 0 radical (unpaired) electrons. The Kier molecular flexibility index (Phi) is 4.29. The van der Waals surface area contributed by atoms with Crippen molar-refractivity contribution in [3.8, 4) is 0 Å². The summed E-state index contributed by atoms with van der Waals surface area (Å²) >= 11 is 0. The predicted molar refractivity (Wildman–Crippen MR) is 60.8 cm³/mol. The van der Waals surface area contributed by atoms with Gasteiger partial charge in [-0.15, -0.1) is 0 Å². The molecule has 1 rings (SSSR count). The van der Waals surface area contributed by atoms with Crippen LogP contribution in [-0.2, 0) is 4.79 Å². The van der Waals surface area contributed by atoms with Crippen LogP contribution >= 0.6 is 0 Å². The second-order valence-electron chi connectivity index (χ2n) is 5.29. The number of rotatable bonds is 4. The number of carbonyl (C=O) groups excluding carboxylic acids is 1. The highest BCUT2D eigenvalue weighted by Gasteiger charge is 2.23. The van der Waals surface area contributed by atoms with Crippen LogP contribution in [0.25, 0.3) is 0 Å². The fourth-order valence-corrected chi connectivity index (χ4v) is 1.99. The first-order chi connectivity index (χ1) is 6.88. The van der Waals surface area contributed by atoms with Gasteiger partial charge >= 0.3 is 0 Å². The Bertz CT molecular complexity index is 212. The second-order valence-corrected chi connectivity index (χ2v) is 5.29. The molecule has 0 aromatic carbocycles. The SMILES string of the molecule is CC(=O)C1CCN(CCC(C)(C)O)CC1. The Hall–Kier alpha value is -0.410. The first-order valence-electron chi connectivity index (χ1n) is 5.84. The fourth-order valence-electron chi connectivity index (χ4n) is 1.99. The quantitative estimate of drug-likeness (QED) is 0.768. The third-order valence-electron chi connectivity index (χ3n) is 3.20. The molecule has 1 N–H and O–H groups in total. The highest BCUT2D eigenvalue weighted by Crippen LogP contribution is 2.19. The summed E-state index contributed by atoms with van der Waals surface area (Å²) in [5, 5.41) is 9.61. The Balaban J connectivity index is 2.23. The lowest BCUT2D eigenvalue weighted by Crippen LogP contribution is -2.38. The average molecular weight is 213 g/mol. The predicted octanol–water partition coefficient (Wildman–Crippen LogP) is 1.45. The van der Waals surface area contributed by atoms with Crippen LogP contribution in [0.2, 0.25) is 0 Å². The lowest BCUT2D eigenvalue weighted by molar-refractivity contribution is -0.122. The van der Waals surface area contributed by atoms with Crippen LogP contribution in [0, 0.1) is 5.92 Å². The van der Waals surface area contributed by atoms with Crippen molar-refractivity contribution in [1.82, 2.24) is 4.90 Å². The Morgan fingerprint density at radius 1 is 1.40 bits per heavy atom. The van der Waals surface area contributed by atoms with Gasteiger partial charge in [-0.25, -0.2) is 0 Å². The van der Waals surface area contributed by atoms with Crippen molar-refractivity contribution in [3.63, 3.8) is 0 Å². The highest BCUT2D eigenvalue weighted by atomic mass is 16.3. The zero-order chi connectivity index (χ0) is 11.5. The number of Topliss-reactive ketones (excluding diaryl/α,β-unsaturated/α-hetero) is 1. The first kappa shape index (κ1) is 12.7. The van der Waals surface area contributed by atoms with Gasteiger partial charge in [-0.3, -0.25) is 4.79 Å². The normalized spacial score (nSPS) is 20.5. The van der Waals surface area contributed by atoms with E-state index in [4.69, 9.17) is 0 Å². The van der Waals surface area contributed by atoms with Crippen LogP contribution in [0.1, 0.15) is 40.0 Å². The van der Waals surface area contributed by atoms with Crippen molar-refractivity contribution in [2.24, 2.45) is 5.92 Å². The highest BCUT2D eigenvalue weighted by molar-refractivity contribution is 5.78. The molecule has 88 valence electrons. The summed E-state index contributed by atoms with van der Waals surface area (Å²) in [6, 6.07) is 0. The molecule has 0 bridgehead atoms. The molecule has 0 atom stereocenters.